The van der Waals surface area contributed by atoms with Crippen LogP contribution in [0.2, 0.25) is 0 Å². The summed E-state index contributed by atoms with van der Waals surface area (Å²) in [5.74, 6) is 0.754. The zero-order valence-electron chi connectivity index (χ0n) is 12.5. The van der Waals surface area contributed by atoms with Gasteiger partial charge in [0.15, 0.2) is 0 Å². The highest BCUT2D eigenvalue weighted by Crippen LogP contribution is 2.32. The summed E-state index contributed by atoms with van der Waals surface area (Å²) in [6.45, 7) is 6.57. The van der Waals surface area contributed by atoms with Crippen molar-refractivity contribution in [2.45, 2.75) is 44.6 Å². The second-order valence-electron chi connectivity index (χ2n) is 6.59. The number of benzene rings is 1. The average molecular weight is 272 g/mol. The minimum Gasteiger partial charge on any atom is -0.339 e. The van der Waals surface area contributed by atoms with Crippen molar-refractivity contribution < 1.29 is 4.79 Å². The quantitative estimate of drug-likeness (QED) is 0.896. The molecule has 1 aliphatic carbocycles. The van der Waals surface area contributed by atoms with E-state index in [9.17, 15) is 4.79 Å². The van der Waals surface area contributed by atoms with Gasteiger partial charge in [0.1, 0.15) is 0 Å². The van der Waals surface area contributed by atoms with E-state index in [0.717, 1.165) is 19.6 Å². The number of nitrogens with zero attached hydrogens (tertiary/aromatic N) is 1. The summed E-state index contributed by atoms with van der Waals surface area (Å²) in [6, 6.07) is 8.74. The molecule has 1 aliphatic heterocycles. The van der Waals surface area contributed by atoms with Crippen molar-refractivity contribution in [2.75, 3.05) is 19.6 Å². The average Bonchev–Trinajstić information content (AvgIpc) is 2.44. The molecule has 0 aromatic heterocycles. The maximum atomic E-state index is 12.5. The lowest BCUT2D eigenvalue weighted by Gasteiger charge is -2.40. The van der Waals surface area contributed by atoms with Crippen molar-refractivity contribution in [1.29, 1.82) is 0 Å². The summed E-state index contributed by atoms with van der Waals surface area (Å²) in [5.41, 5.74) is 2.53. The maximum Gasteiger partial charge on any atom is 0.242 e. The molecule has 0 saturated carbocycles. The van der Waals surface area contributed by atoms with Gasteiger partial charge in [0.05, 0.1) is 5.54 Å². The van der Waals surface area contributed by atoms with Gasteiger partial charge in [-0.2, -0.15) is 0 Å². The number of hydrogen-bond donors (Lipinski definition) is 1. The number of amides is 1. The molecule has 20 heavy (non-hydrogen) atoms. The Labute approximate surface area is 121 Å². The van der Waals surface area contributed by atoms with Crippen molar-refractivity contribution >= 4 is 5.91 Å². The minimum absolute atomic E-state index is 0.242. The summed E-state index contributed by atoms with van der Waals surface area (Å²) in [4.78, 5) is 14.6. The molecule has 1 atom stereocenters. The number of piperazine rings is 1. The van der Waals surface area contributed by atoms with Gasteiger partial charge < -0.3 is 10.2 Å². The lowest BCUT2D eigenvalue weighted by Crippen LogP contribution is -2.61. The zero-order valence-corrected chi connectivity index (χ0v) is 12.5. The number of rotatable bonds is 2. The van der Waals surface area contributed by atoms with E-state index in [2.05, 4.69) is 34.5 Å². The van der Waals surface area contributed by atoms with Gasteiger partial charge in [0.25, 0.3) is 0 Å². The van der Waals surface area contributed by atoms with Gasteiger partial charge >= 0.3 is 0 Å². The molecule has 1 fully saturated rings. The SMILES string of the molecule is CC1(C)NCCN(CC2CCCc3ccccc32)C1=O. The number of carbonyl (C=O) groups is 1. The Kier molecular flexibility index (Phi) is 3.55. The number of nitrogens with one attached hydrogen (secondary N) is 1. The predicted octanol–water partition coefficient (Wildman–Crippen LogP) is 2.32. The Balaban J connectivity index is 1.77. The first-order valence-electron chi connectivity index (χ1n) is 7.70. The number of aryl methyl sites for hydroxylation is 1. The van der Waals surface area contributed by atoms with Gasteiger partial charge in [-0.25, -0.2) is 0 Å². The Bertz CT molecular complexity index is 509. The van der Waals surface area contributed by atoms with Crippen LogP contribution in [-0.4, -0.2) is 36.0 Å². The molecule has 3 nitrogen and oxygen atoms in total. The molecule has 1 unspecified atom stereocenters. The van der Waals surface area contributed by atoms with Crippen LogP contribution in [0.4, 0.5) is 0 Å². The lowest BCUT2D eigenvalue weighted by atomic mass is 9.82. The van der Waals surface area contributed by atoms with Gasteiger partial charge in [-0.05, 0) is 44.2 Å². The van der Waals surface area contributed by atoms with Crippen LogP contribution in [0.25, 0.3) is 0 Å². The summed E-state index contributed by atoms with van der Waals surface area (Å²) in [7, 11) is 0. The molecule has 2 aliphatic rings. The van der Waals surface area contributed by atoms with Crippen molar-refractivity contribution in [2.24, 2.45) is 0 Å². The third-order valence-corrected chi connectivity index (χ3v) is 4.70. The highest BCUT2D eigenvalue weighted by molar-refractivity contribution is 5.86. The van der Waals surface area contributed by atoms with Crippen LogP contribution in [-0.2, 0) is 11.2 Å². The van der Waals surface area contributed by atoms with Crippen LogP contribution in [0.15, 0.2) is 24.3 Å². The normalized spacial score (nSPS) is 25.4. The van der Waals surface area contributed by atoms with Crippen molar-refractivity contribution in [3.05, 3.63) is 35.4 Å². The number of fused-ring (bicyclic) bond motifs is 1. The summed E-state index contributed by atoms with van der Waals surface area (Å²) in [5, 5.41) is 3.30. The molecule has 108 valence electrons. The molecule has 1 N–H and O–H groups in total. The molecule has 1 aromatic rings. The fraction of sp³-hybridized carbons (Fsp3) is 0.588. The van der Waals surface area contributed by atoms with Gasteiger partial charge in [-0.1, -0.05) is 24.3 Å². The third-order valence-electron chi connectivity index (χ3n) is 4.70. The largest absolute Gasteiger partial charge is 0.339 e. The highest BCUT2D eigenvalue weighted by Gasteiger charge is 2.36. The molecule has 1 heterocycles. The fourth-order valence-electron chi connectivity index (χ4n) is 3.56. The van der Waals surface area contributed by atoms with Crippen LogP contribution in [0.5, 0.6) is 0 Å². The first-order valence-corrected chi connectivity index (χ1v) is 7.70. The van der Waals surface area contributed by atoms with Gasteiger partial charge in [0.2, 0.25) is 5.91 Å². The summed E-state index contributed by atoms with van der Waals surface area (Å²) < 4.78 is 0. The summed E-state index contributed by atoms with van der Waals surface area (Å²) >= 11 is 0. The van der Waals surface area contributed by atoms with Gasteiger partial charge in [0, 0.05) is 25.6 Å². The van der Waals surface area contributed by atoms with E-state index in [4.69, 9.17) is 0 Å². The van der Waals surface area contributed by atoms with E-state index in [-0.39, 0.29) is 5.91 Å². The van der Waals surface area contributed by atoms with Crippen LogP contribution in [0.1, 0.15) is 43.7 Å². The van der Waals surface area contributed by atoms with Crippen molar-refractivity contribution in [1.82, 2.24) is 10.2 Å². The van der Waals surface area contributed by atoms with E-state index in [1.807, 2.05) is 13.8 Å². The molecule has 0 radical (unpaired) electrons. The monoisotopic (exact) mass is 272 g/mol. The van der Waals surface area contributed by atoms with Crippen molar-refractivity contribution in [3.63, 3.8) is 0 Å². The maximum absolute atomic E-state index is 12.5. The van der Waals surface area contributed by atoms with E-state index in [1.165, 1.54) is 30.4 Å². The highest BCUT2D eigenvalue weighted by atomic mass is 16.2. The molecule has 3 heteroatoms. The topological polar surface area (TPSA) is 32.3 Å². The first kappa shape index (κ1) is 13.6. The Hall–Kier alpha value is -1.35. The molecule has 0 bridgehead atoms. The molecule has 1 amide bonds. The second kappa shape index (κ2) is 5.21. The zero-order chi connectivity index (χ0) is 14.2. The Morgan fingerprint density at radius 1 is 1.35 bits per heavy atom. The second-order valence-corrected chi connectivity index (χ2v) is 6.59. The summed E-state index contributed by atoms with van der Waals surface area (Å²) in [6.07, 6.45) is 3.63. The molecular formula is C17H24N2O. The predicted molar refractivity (Wildman–Crippen MR) is 80.8 cm³/mol. The van der Waals surface area contributed by atoms with Gasteiger partial charge in [-0.15, -0.1) is 0 Å². The molecule has 1 aromatic carbocycles. The number of carbonyl (C=O) groups excluding carboxylic acids is 1. The minimum atomic E-state index is -0.410. The Morgan fingerprint density at radius 3 is 3.00 bits per heavy atom. The standard InChI is InChI=1S/C17H24N2O/c1-17(2)16(20)19(11-10-18-17)12-14-8-5-7-13-6-3-4-9-15(13)14/h3-4,6,9,14,18H,5,7-8,10-12H2,1-2H3. The Morgan fingerprint density at radius 2 is 2.15 bits per heavy atom. The molecule has 0 spiro atoms. The van der Waals surface area contributed by atoms with Crippen LogP contribution in [0.3, 0.4) is 0 Å². The van der Waals surface area contributed by atoms with E-state index < -0.39 is 5.54 Å². The first-order chi connectivity index (χ1) is 9.58. The number of hydrogen-bond acceptors (Lipinski definition) is 2. The third kappa shape index (κ3) is 2.47. The van der Waals surface area contributed by atoms with E-state index in [0.29, 0.717) is 5.92 Å². The molecule has 3 rings (SSSR count). The molecular weight excluding hydrogens is 248 g/mol. The lowest BCUT2D eigenvalue weighted by molar-refractivity contribution is -0.140. The molecule has 1 saturated heterocycles. The van der Waals surface area contributed by atoms with E-state index >= 15 is 0 Å². The van der Waals surface area contributed by atoms with Crippen LogP contribution >= 0.6 is 0 Å². The fourth-order valence-corrected chi connectivity index (χ4v) is 3.56. The van der Waals surface area contributed by atoms with E-state index in [1.54, 1.807) is 0 Å². The van der Waals surface area contributed by atoms with Crippen molar-refractivity contribution in [3.8, 4) is 0 Å². The smallest absolute Gasteiger partial charge is 0.242 e. The van der Waals surface area contributed by atoms with Crippen LogP contribution < -0.4 is 5.32 Å². The van der Waals surface area contributed by atoms with Gasteiger partial charge in [-0.3, -0.25) is 4.79 Å². The van der Waals surface area contributed by atoms with Crippen LogP contribution in [0, 0.1) is 0 Å².